The van der Waals surface area contributed by atoms with Crippen LogP contribution in [0.2, 0.25) is 0 Å². The maximum absolute atomic E-state index is 5.38. The highest BCUT2D eigenvalue weighted by Crippen LogP contribution is 2.20. The fourth-order valence-corrected chi connectivity index (χ4v) is 2.00. The summed E-state index contributed by atoms with van der Waals surface area (Å²) in [7, 11) is 0. The summed E-state index contributed by atoms with van der Waals surface area (Å²) >= 11 is 0. The van der Waals surface area contributed by atoms with Crippen LogP contribution in [0, 0.1) is 0 Å². The Morgan fingerprint density at radius 2 is 2.05 bits per heavy atom. The number of hydrogen-bond donors (Lipinski definition) is 1. The Labute approximate surface area is 115 Å². The second-order valence-electron chi connectivity index (χ2n) is 5.16. The summed E-state index contributed by atoms with van der Waals surface area (Å²) < 4.78 is 5.38. The first kappa shape index (κ1) is 14.1. The number of aromatic nitrogens is 2. The number of anilines is 2. The Hall–Kier alpha value is -1.36. The van der Waals surface area contributed by atoms with E-state index in [0.717, 1.165) is 56.7 Å². The predicted molar refractivity (Wildman–Crippen MR) is 77.9 cm³/mol. The molecule has 1 aromatic heterocycles. The zero-order valence-electron chi connectivity index (χ0n) is 12.1. The van der Waals surface area contributed by atoms with Gasteiger partial charge in [-0.1, -0.05) is 20.8 Å². The Bertz CT molecular complexity index is 402. The standard InChI is InChI=1S/C14H24N4O/c1-4-5-15-13-10-12(11(2)3)16-14(17-13)18-6-8-19-9-7-18/h10-11H,4-9H2,1-3H3,(H,15,16,17). The minimum Gasteiger partial charge on any atom is -0.378 e. The molecule has 0 saturated carbocycles. The lowest BCUT2D eigenvalue weighted by Gasteiger charge is -2.27. The Balaban J connectivity index is 2.22. The second-order valence-corrected chi connectivity index (χ2v) is 5.16. The Kier molecular flexibility index (Phi) is 4.96. The molecule has 0 aliphatic carbocycles. The van der Waals surface area contributed by atoms with Crippen molar-refractivity contribution in [2.75, 3.05) is 43.1 Å². The van der Waals surface area contributed by atoms with Gasteiger partial charge in [-0.05, 0) is 12.3 Å². The van der Waals surface area contributed by atoms with Crippen molar-refractivity contribution in [2.45, 2.75) is 33.1 Å². The molecular weight excluding hydrogens is 240 g/mol. The highest BCUT2D eigenvalue weighted by atomic mass is 16.5. The van der Waals surface area contributed by atoms with Crippen LogP contribution in [-0.2, 0) is 4.74 Å². The van der Waals surface area contributed by atoms with E-state index in [9.17, 15) is 0 Å². The molecule has 0 unspecified atom stereocenters. The number of nitrogens with one attached hydrogen (secondary N) is 1. The van der Waals surface area contributed by atoms with E-state index < -0.39 is 0 Å². The topological polar surface area (TPSA) is 50.3 Å². The maximum Gasteiger partial charge on any atom is 0.227 e. The van der Waals surface area contributed by atoms with Gasteiger partial charge in [0.25, 0.3) is 0 Å². The monoisotopic (exact) mass is 264 g/mol. The van der Waals surface area contributed by atoms with E-state index in [0.29, 0.717) is 5.92 Å². The summed E-state index contributed by atoms with van der Waals surface area (Å²) in [4.78, 5) is 11.5. The lowest BCUT2D eigenvalue weighted by atomic mass is 10.1. The van der Waals surface area contributed by atoms with Crippen molar-refractivity contribution < 1.29 is 4.74 Å². The molecule has 106 valence electrons. The zero-order valence-corrected chi connectivity index (χ0v) is 12.1. The number of ether oxygens (including phenoxy) is 1. The van der Waals surface area contributed by atoms with E-state index in [-0.39, 0.29) is 0 Å². The molecule has 1 aromatic rings. The highest BCUT2D eigenvalue weighted by Gasteiger charge is 2.16. The van der Waals surface area contributed by atoms with Gasteiger partial charge in [0.15, 0.2) is 0 Å². The first-order valence-electron chi connectivity index (χ1n) is 7.16. The van der Waals surface area contributed by atoms with Gasteiger partial charge >= 0.3 is 0 Å². The molecule has 5 heteroatoms. The Morgan fingerprint density at radius 1 is 1.32 bits per heavy atom. The third-order valence-corrected chi connectivity index (χ3v) is 3.18. The minimum atomic E-state index is 0.407. The van der Waals surface area contributed by atoms with E-state index in [1.807, 2.05) is 0 Å². The normalized spacial score (nSPS) is 15.9. The SMILES string of the molecule is CCCNc1cc(C(C)C)nc(N2CCOCC2)n1. The lowest BCUT2D eigenvalue weighted by Crippen LogP contribution is -2.37. The van der Waals surface area contributed by atoms with Crippen LogP contribution in [0.1, 0.15) is 38.8 Å². The first-order valence-corrected chi connectivity index (χ1v) is 7.16. The number of nitrogens with zero attached hydrogens (tertiary/aromatic N) is 3. The van der Waals surface area contributed by atoms with Crippen molar-refractivity contribution in [3.05, 3.63) is 11.8 Å². The van der Waals surface area contributed by atoms with Crippen LogP contribution in [0.5, 0.6) is 0 Å². The number of rotatable bonds is 5. The van der Waals surface area contributed by atoms with E-state index in [2.05, 4.69) is 47.0 Å². The van der Waals surface area contributed by atoms with Crippen LogP contribution >= 0.6 is 0 Å². The molecule has 1 N–H and O–H groups in total. The van der Waals surface area contributed by atoms with Crippen LogP contribution in [0.15, 0.2) is 6.07 Å². The molecule has 0 aromatic carbocycles. The quantitative estimate of drug-likeness (QED) is 0.884. The fraction of sp³-hybridized carbons (Fsp3) is 0.714. The summed E-state index contributed by atoms with van der Waals surface area (Å²) in [6.45, 7) is 10.7. The highest BCUT2D eigenvalue weighted by molar-refractivity contribution is 5.44. The van der Waals surface area contributed by atoms with Gasteiger partial charge < -0.3 is 15.0 Å². The molecule has 1 fully saturated rings. The van der Waals surface area contributed by atoms with E-state index >= 15 is 0 Å². The van der Waals surface area contributed by atoms with Crippen LogP contribution in [0.3, 0.4) is 0 Å². The van der Waals surface area contributed by atoms with Crippen LogP contribution in [0.4, 0.5) is 11.8 Å². The number of morpholine rings is 1. The van der Waals surface area contributed by atoms with Gasteiger partial charge in [0.1, 0.15) is 5.82 Å². The van der Waals surface area contributed by atoms with Gasteiger partial charge in [-0.2, -0.15) is 4.98 Å². The molecule has 0 amide bonds. The smallest absolute Gasteiger partial charge is 0.227 e. The summed E-state index contributed by atoms with van der Waals surface area (Å²) in [5, 5.41) is 3.36. The number of hydrogen-bond acceptors (Lipinski definition) is 5. The van der Waals surface area contributed by atoms with Crippen molar-refractivity contribution in [2.24, 2.45) is 0 Å². The van der Waals surface area contributed by atoms with E-state index in [1.54, 1.807) is 0 Å². The van der Waals surface area contributed by atoms with Gasteiger partial charge in [-0.25, -0.2) is 4.98 Å². The predicted octanol–water partition coefficient (Wildman–Crippen LogP) is 2.26. The molecule has 0 spiro atoms. The Morgan fingerprint density at radius 3 is 2.68 bits per heavy atom. The van der Waals surface area contributed by atoms with Crippen LogP contribution in [-0.4, -0.2) is 42.8 Å². The molecule has 1 aliphatic heterocycles. The third kappa shape index (κ3) is 3.80. The van der Waals surface area contributed by atoms with Crippen LogP contribution < -0.4 is 10.2 Å². The average molecular weight is 264 g/mol. The summed E-state index contributed by atoms with van der Waals surface area (Å²) in [6, 6.07) is 2.06. The van der Waals surface area contributed by atoms with Crippen molar-refractivity contribution in [1.29, 1.82) is 0 Å². The molecule has 1 aliphatic rings. The van der Waals surface area contributed by atoms with E-state index in [1.165, 1.54) is 0 Å². The summed E-state index contributed by atoms with van der Waals surface area (Å²) in [5.41, 5.74) is 1.09. The van der Waals surface area contributed by atoms with Crippen molar-refractivity contribution in [3.8, 4) is 0 Å². The molecule has 1 saturated heterocycles. The molecule has 0 atom stereocenters. The second kappa shape index (κ2) is 6.70. The zero-order chi connectivity index (χ0) is 13.7. The van der Waals surface area contributed by atoms with Gasteiger partial charge in [0.05, 0.1) is 18.9 Å². The largest absolute Gasteiger partial charge is 0.378 e. The van der Waals surface area contributed by atoms with Gasteiger partial charge in [0.2, 0.25) is 5.95 Å². The summed E-state index contributed by atoms with van der Waals surface area (Å²) in [6.07, 6.45) is 1.09. The van der Waals surface area contributed by atoms with Crippen molar-refractivity contribution in [3.63, 3.8) is 0 Å². The molecular formula is C14H24N4O. The van der Waals surface area contributed by atoms with Crippen molar-refractivity contribution >= 4 is 11.8 Å². The molecule has 19 heavy (non-hydrogen) atoms. The average Bonchev–Trinajstić information content (AvgIpc) is 2.45. The lowest BCUT2D eigenvalue weighted by molar-refractivity contribution is 0.122. The van der Waals surface area contributed by atoms with Gasteiger partial charge in [-0.3, -0.25) is 0 Å². The van der Waals surface area contributed by atoms with E-state index in [4.69, 9.17) is 4.74 Å². The minimum absolute atomic E-state index is 0.407. The van der Waals surface area contributed by atoms with Gasteiger partial charge in [0, 0.05) is 25.7 Å². The molecule has 5 nitrogen and oxygen atoms in total. The maximum atomic E-state index is 5.38. The summed E-state index contributed by atoms with van der Waals surface area (Å²) in [5.74, 6) is 2.17. The fourth-order valence-electron chi connectivity index (χ4n) is 2.00. The molecule has 0 radical (unpaired) electrons. The molecule has 2 heterocycles. The first-order chi connectivity index (χ1) is 9.20. The molecule has 2 rings (SSSR count). The van der Waals surface area contributed by atoms with Gasteiger partial charge in [-0.15, -0.1) is 0 Å². The third-order valence-electron chi connectivity index (χ3n) is 3.18. The molecule has 0 bridgehead atoms. The van der Waals surface area contributed by atoms with Crippen LogP contribution in [0.25, 0.3) is 0 Å². The van der Waals surface area contributed by atoms with Crippen molar-refractivity contribution in [1.82, 2.24) is 9.97 Å².